The van der Waals surface area contributed by atoms with Gasteiger partial charge in [0.2, 0.25) is 0 Å². The van der Waals surface area contributed by atoms with Crippen LogP contribution in [0.25, 0.3) is 0 Å². The first kappa shape index (κ1) is 24.9. The summed E-state index contributed by atoms with van der Waals surface area (Å²) in [4.78, 5) is 14.9. The summed E-state index contributed by atoms with van der Waals surface area (Å²) in [6, 6.07) is 0. The van der Waals surface area contributed by atoms with E-state index >= 15 is 0 Å². The second kappa shape index (κ2) is 9.38. The normalized spacial score (nSPS) is 50.8. The van der Waals surface area contributed by atoms with Crippen LogP contribution >= 0.6 is 0 Å². The zero-order valence-electron chi connectivity index (χ0n) is 23.1. The summed E-state index contributed by atoms with van der Waals surface area (Å²) >= 11 is 0. The Morgan fingerprint density at radius 1 is 1.09 bits per heavy atom. The van der Waals surface area contributed by atoms with Crippen molar-refractivity contribution in [3.63, 3.8) is 0 Å². The molecule has 1 N–H and O–H groups in total. The van der Waals surface area contributed by atoms with Gasteiger partial charge in [-0.15, -0.1) is 0 Å². The molecular formula is C31H52N2O2. The van der Waals surface area contributed by atoms with Crippen LogP contribution in [0.3, 0.4) is 0 Å². The molecule has 0 aromatic rings. The number of carbonyl (C=O) groups excluding carboxylic acids is 1. The molecule has 6 fully saturated rings. The third-order valence-corrected chi connectivity index (χ3v) is 12.8. The molecular weight excluding hydrogens is 432 g/mol. The predicted molar refractivity (Wildman–Crippen MR) is 141 cm³/mol. The molecule has 0 radical (unpaired) electrons. The van der Waals surface area contributed by atoms with Gasteiger partial charge in [-0.25, -0.2) is 0 Å². The van der Waals surface area contributed by atoms with Crippen LogP contribution in [0, 0.1) is 52.3 Å². The topological polar surface area (TPSA) is 41.6 Å². The van der Waals surface area contributed by atoms with E-state index in [0.717, 1.165) is 61.9 Å². The molecule has 11 atom stereocenters. The van der Waals surface area contributed by atoms with Crippen molar-refractivity contribution in [2.45, 2.75) is 104 Å². The molecule has 2 heterocycles. The van der Waals surface area contributed by atoms with Gasteiger partial charge in [0.15, 0.2) is 0 Å². The second-order valence-electron chi connectivity index (χ2n) is 14.5. The molecule has 0 unspecified atom stereocenters. The number of ether oxygens (including phenoxy) is 1. The van der Waals surface area contributed by atoms with Gasteiger partial charge in [0.25, 0.3) is 0 Å². The molecule has 0 amide bonds. The average Bonchev–Trinajstić information content (AvgIpc) is 3.32. The highest BCUT2D eigenvalue weighted by atomic mass is 16.5. The zero-order chi connectivity index (χ0) is 24.4. The van der Waals surface area contributed by atoms with E-state index in [0.29, 0.717) is 40.7 Å². The monoisotopic (exact) mass is 484 g/mol. The second-order valence-corrected chi connectivity index (χ2v) is 14.5. The van der Waals surface area contributed by atoms with E-state index in [1.807, 2.05) is 0 Å². The van der Waals surface area contributed by atoms with Crippen molar-refractivity contribution in [3.05, 3.63) is 0 Å². The highest BCUT2D eigenvalue weighted by Crippen LogP contribution is 2.69. The Hall–Kier alpha value is -0.450. The Morgan fingerprint density at radius 2 is 1.89 bits per heavy atom. The number of piperazine rings is 1. The molecule has 4 aliphatic carbocycles. The smallest absolute Gasteiger partial charge is 0.133 e. The van der Waals surface area contributed by atoms with Crippen molar-refractivity contribution in [1.82, 2.24) is 10.2 Å². The van der Waals surface area contributed by atoms with Crippen molar-refractivity contribution in [1.29, 1.82) is 0 Å². The third-order valence-electron chi connectivity index (χ3n) is 12.8. The van der Waals surface area contributed by atoms with Crippen LogP contribution in [0.15, 0.2) is 0 Å². The Labute approximate surface area is 214 Å². The predicted octanol–water partition coefficient (Wildman–Crippen LogP) is 5.55. The van der Waals surface area contributed by atoms with Crippen molar-refractivity contribution < 1.29 is 9.53 Å². The molecule has 2 saturated heterocycles. The molecule has 198 valence electrons. The summed E-state index contributed by atoms with van der Waals surface area (Å²) in [5.41, 5.74) is 0.894. The van der Waals surface area contributed by atoms with Crippen molar-refractivity contribution >= 4 is 5.78 Å². The summed E-state index contributed by atoms with van der Waals surface area (Å²) in [5.74, 6) is 6.02. The molecule has 2 aliphatic heterocycles. The number of Topliss-reactive ketones (excluding diaryl/α,β-unsaturated/α-hetero) is 1. The maximum Gasteiger partial charge on any atom is 0.133 e. The molecule has 6 aliphatic rings. The van der Waals surface area contributed by atoms with Gasteiger partial charge in [-0.05, 0) is 104 Å². The average molecular weight is 485 g/mol. The lowest BCUT2D eigenvalue weighted by molar-refractivity contribution is -0.140. The number of hydrogen-bond donors (Lipinski definition) is 1. The summed E-state index contributed by atoms with van der Waals surface area (Å²) < 4.78 is 6.95. The van der Waals surface area contributed by atoms with Gasteiger partial charge in [0, 0.05) is 45.6 Å². The molecule has 0 aromatic heterocycles. The van der Waals surface area contributed by atoms with Crippen LogP contribution in [-0.2, 0) is 9.53 Å². The van der Waals surface area contributed by atoms with Crippen molar-refractivity contribution in [2.24, 2.45) is 52.3 Å². The van der Waals surface area contributed by atoms with Crippen LogP contribution < -0.4 is 5.32 Å². The number of ketones is 1. The fourth-order valence-corrected chi connectivity index (χ4v) is 10.9. The van der Waals surface area contributed by atoms with Crippen LogP contribution in [0.5, 0.6) is 0 Å². The Kier molecular flexibility index (Phi) is 6.67. The van der Waals surface area contributed by atoms with E-state index in [9.17, 15) is 4.79 Å². The maximum atomic E-state index is 12.2. The molecule has 35 heavy (non-hydrogen) atoms. The first-order chi connectivity index (χ1) is 16.8. The molecule has 0 bridgehead atoms. The minimum atomic E-state index is 0.422. The Bertz CT molecular complexity index is 795. The third kappa shape index (κ3) is 4.16. The van der Waals surface area contributed by atoms with Crippen LogP contribution in [0.1, 0.15) is 91.9 Å². The van der Waals surface area contributed by atoms with E-state index in [-0.39, 0.29) is 0 Å². The zero-order valence-corrected chi connectivity index (χ0v) is 23.1. The fraction of sp³-hybridized carbons (Fsp3) is 0.968. The minimum Gasteiger partial charge on any atom is -0.374 e. The number of nitrogens with one attached hydrogen (secondary N) is 1. The van der Waals surface area contributed by atoms with E-state index in [4.69, 9.17) is 4.74 Å². The van der Waals surface area contributed by atoms with E-state index in [1.54, 1.807) is 0 Å². The number of nitrogens with zero attached hydrogens (tertiary/aromatic N) is 1. The first-order valence-corrected chi connectivity index (χ1v) is 15.4. The summed E-state index contributed by atoms with van der Waals surface area (Å²) in [6.45, 7) is 16.2. The van der Waals surface area contributed by atoms with Gasteiger partial charge in [0.05, 0.1) is 12.2 Å². The molecule has 6 rings (SSSR count). The quantitative estimate of drug-likeness (QED) is 0.556. The van der Waals surface area contributed by atoms with Crippen molar-refractivity contribution in [2.75, 3.05) is 32.7 Å². The Balaban J connectivity index is 1.09. The number of rotatable bonds is 5. The Morgan fingerprint density at radius 3 is 2.69 bits per heavy atom. The van der Waals surface area contributed by atoms with Crippen LogP contribution in [-0.4, -0.2) is 55.6 Å². The van der Waals surface area contributed by atoms with Gasteiger partial charge >= 0.3 is 0 Å². The standard InChI is InChI=1S/C31H52N2O2/c1-20(19-33-15-13-32-14-16-33)5-8-27-21(2)29-28(35-27)18-26-24-7-6-22-17-23(34)9-11-30(22,3)25(24)10-12-31(26,29)4/h20-22,24-29,32H,5-19H2,1-4H3/t20-,21+,22+,24+,25-,26-,27+,28-,29-,30-,31-/m0/s1. The first-order valence-electron chi connectivity index (χ1n) is 15.4. The number of fused-ring (bicyclic) bond motifs is 7. The lowest BCUT2D eigenvalue weighted by Crippen LogP contribution is -2.54. The number of hydrogen-bond acceptors (Lipinski definition) is 4. The fourth-order valence-electron chi connectivity index (χ4n) is 10.9. The highest BCUT2D eigenvalue weighted by Gasteiger charge is 2.65. The van der Waals surface area contributed by atoms with E-state index < -0.39 is 0 Å². The molecule has 0 spiro atoms. The SMILES string of the molecule is C[C@@H](CC[C@H]1O[C@H]2C[C@H]3[C@@H]4CC[C@@H]5CC(=O)CC[C@]5(C)[C@H]4CC[C@]3(C)[C@H]2[C@@H]1C)CN1CCNCC1. The molecule has 0 aromatic carbocycles. The summed E-state index contributed by atoms with van der Waals surface area (Å²) in [5, 5.41) is 3.48. The van der Waals surface area contributed by atoms with E-state index in [1.165, 1.54) is 64.6 Å². The van der Waals surface area contributed by atoms with Gasteiger partial charge in [-0.2, -0.15) is 0 Å². The maximum absolute atomic E-state index is 12.2. The van der Waals surface area contributed by atoms with Gasteiger partial charge in [0.1, 0.15) is 5.78 Å². The lowest BCUT2D eigenvalue weighted by Gasteiger charge is -2.60. The highest BCUT2D eigenvalue weighted by molar-refractivity contribution is 5.79. The van der Waals surface area contributed by atoms with Gasteiger partial charge in [-0.1, -0.05) is 27.7 Å². The largest absolute Gasteiger partial charge is 0.374 e. The van der Waals surface area contributed by atoms with Crippen molar-refractivity contribution in [3.8, 4) is 0 Å². The van der Waals surface area contributed by atoms with Gasteiger partial charge < -0.3 is 15.0 Å². The molecule has 4 heteroatoms. The lowest BCUT2D eigenvalue weighted by atomic mass is 9.44. The molecule has 4 saturated carbocycles. The summed E-state index contributed by atoms with van der Waals surface area (Å²) in [6.07, 6.45) is 13.2. The van der Waals surface area contributed by atoms with Crippen LogP contribution in [0.4, 0.5) is 0 Å². The van der Waals surface area contributed by atoms with Gasteiger partial charge in [-0.3, -0.25) is 4.79 Å². The molecule has 4 nitrogen and oxygen atoms in total. The van der Waals surface area contributed by atoms with E-state index in [2.05, 4.69) is 37.9 Å². The minimum absolute atomic E-state index is 0.422. The summed E-state index contributed by atoms with van der Waals surface area (Å²) in [7, 11) is 0. The number of carbonyl (C=O) groups is 1. The van der Waals surface area contributed by atoms with Crippen LogP contribution in [0.2, 0.25) is 0 Å².